The van der Waals surface area contributed by atoms with E-state index in [-0.39, 0.29) is 20.1 Å². The third-order valence-corrected chi connectivity index (χ3v) is 6.25. The van der Waals surface area contributed by atoms with Gasteiger partial charge in [0.1, 0.15) is 11.2 Å². The van der Waals surface area contributed by atoms with Gasteiger partial charge < -0.3 is 9.40 Å². The van der Waals surface area contributed by atoms with E-state index in [1.165, 1.54) is 5.19 Å². The third-order valence-electron chi connectivity index (χ3n) is 4.21. The number of pyridine rings is 1. The Labute approximate surface area is 156 Å². The molecule has 1 radical (unpaired) electrons. The Morgan fingerprint density at radius 1 is 0.958 bits per heavy atom. The van der Waals surface area contributed by atoms with Crippen LogP contribution in [0.1, 0.15) is 0 Å². The average molecular weight is 509 g/mol. The van der Waals surface area contributed by atoms with Crippen LogP contribution in [0.2, 0.25) is 19.6 Å². The van der Waals surface area contributed by atoms with Crippen molar-refractivity contribution in [3.05, 3.63) is 60.8 Å². The summed E-state index contributed by atoms with van der Waals surface area (Å²) >= 11 is 0. The second-order valence-electron chi connectivity index (χ2n) is 6.90. The molecule has 0 aliphatic rings. The normalized spacial score (nSPS) is 11.6. The summed E-state index contributed by atoms with van der Waals surface area (Å²) < 4.78 is 5.97. The van der Waals surface area contributed by atoms with Crippen molar-refractivity contribution in [2.24, 2.45) is 0 Å². The first-order valence-corrected chi connectivity index (χ1v) is 11.3. The van der Waals surface area contributed by atoms with E-state index in [4.69, 9.17) is 4.42 Å². The largest absolute Gasteiger partial charge is 0.457 e. The van der Waals surface area contributed by atoms with Gasteiger partial charge in [0.2, 0.25) is 0 Å². The number of hydrogen-bond donors (Lipinski definition) is 0. The van der Waals surface area contributed by atoms with Crippen molar-refractivity contribution >= 4 is 35.2 Å². The summed E-state index contributed by atoms with van der Waals surface area (Å²) in [6, 6.07) is 19.8. The molecule has 0 fully saturated rings. The zero-order valence-corrected chi connectivity index (χ0v) is 17.3. The van der Waals surface area contributed by atoms with E-state index in [2.05, 4.69) is 48.9 Å². The standard InChI is InChI=1S/C20H18NOSi.Ir/c1-23(2,3)15-8-6-7-14(11-15)18-12-20-17(13-21-18)16-9-4-5-10-19(16)22-20;/h4-6,8-13H,1-3H3;/q-1;. The van der Waals surface area contributed by atoms with Crippen molar-refractivity contribution in [2.45, 2.75) is 19.6 Å². The van der Waals surface area contributed by atoms with Crippen LogP contribution < -0.4 is 5.19 Å². The van der Waals surface area contributed by atoms with Crippen molar-refractivity contribution in [3.8, 4) is 11.3 Å². The molecule has 0 amide bonds. The van der Waals surface area contributed by atoms with Gasteiger partial charge in [-0.25, -0.2) is 0 Å². The predicted molar refractivity (Wildman–Crippen MR) is 98.8 cm³/mol. The molecular weight excluding hydrogens is 491 g/mol. The minimum absolute atomic E-state index is 0. The second kappa shape index (κ2) is 6.28. The van der Waals surface area contributed by atoms with Crippen LogP contribution >= 0.6 is 0 Å². The van der Waals surface area contributed by atoms with Crippen LogP contribution in [0.5, 0.6) is 0 Å². The molecule has 24 heavy (non-hydrogen) atoms. The summed E-state index contributed by atoms with van der Waals surface area (Å²) in [7, 11) is -1.35. The van der Waals surface area contributed by atoms with Crippen molar-refractivity contribution in [3.63, 3.8) is 0 Å². The number of nitrogens with zero attached hydrogens (tertiary/aromatic N) is 1. The van der Waals surface area contributed by atoms with Gasteiger partial charge in [-0.3, -0.25) is 0 Å². The first-order chi connectivity index (χ1) is 11.0. The zero-order chi connectivity index (χ0) is 16.0. The molecule has 2 heterocycles. The third kappa shape index (κ3) is 2.97. The summed E-state index contributed by atoms with van der Waals surface area (Å²) in [4.78, 5) is 4.65. The van der Waals surface area contributed by atoms with Crippen LogP contribution in [0.15, 0.2) is 59.1 Å². The van der Waals surface area contributed by atoms with Crippen molar-refractivity contribution in [2.75, 3.05) is 0 Å². The fourth-order valence-corrected chi connectivity index (χ4v) is 4.01. The Bertz CT molecular complexity index is 1020. The van der Waals surface area contributed by atoms with E-state index >= 15 is 0 Å². The number of fused-ring (bicyclic) bond motifs is 3. The summed E-state index contributed by atoms with van der Waals surface area (Å²) in [5.74, 6) is 0. The monoisotopic (exact) mass is 509 g/mol. The fraction of sp³-hybridized carbons (Fsp3) is 0.150. The van der Waals surface area contributed by atoms with Crippen molar-refractivity contribution in [1.29, 1.82) is 0 Å². The minimum Gasteiger partial charge on any atom is -0.457 e. The molecule has 0 bridgehead atoms. The van der Waals surface area contributed by atoms with Crippen molar-refractivity contribution in [1.82, 2.24) is 4.98 Å². The summed E-state index contributed by atoms with van der Waals surface area (Å²) in [6.45, 7) is 7.05. The van der Waals surface area contributed by atoms with Gasteiger partial charge in [-0.05, 0) is 17.8 Å². The molecule has 0 N–H and O–H groups in total. The topological polar surface area (TPSA) is 26.0 Å². The Morgan fingerprint density at radius 2 is 1.75 bits per heavy atom. The fourth-order valence-electron chi connectivity index (χ4n) is 2.85. The molecule has 2 nitrogen and oxygen atoms in total. The van der Waals surface area contributed by atoms with Crippen LogP contribution in [0.25, 0.3) is 33.2 Å². The summed E-state index contributed by atoms with van der Waals surface area (Å²) in [5, 5.41) is 3.59. The Hall–Kier alpha value is -1.74. The molecule has 4 aromatic rings. The smallest absolute Gasteiger partial charge is 0.135 e. The van der Waals surface area contributed by atoms with Crippen LogP contribution in [0.4, 0.5) is 0 Å². The number of benzene rings is 2. The van der Waals surface area contributed by atoms with E-state index in [9.17, 15) is 0 Å². The van der Waals surface area contributed by atoms with E-state index < -0.39 is 8.07 Å². The zero-order valence-electron chi connectivity index (χ0n) is 13.9. The molecule has 0 atom stereocenters. The molecule has 4 rings (SSSR count). The number of para-hydroxylation sites is 1. The van der Waals surface area contributed by atoms with Gasteiger partial charge in [0.25, 0.3) is 0 Å². The van der Waals surface area contributed by atoms with Gasteiger partial charge in [0.15, 0.2) is 0 Å². The quantitative estimate of drug-likeness (QED) is 0.282. The van der Waals surface area contributed by atoms with Gasteiger partial charge in [0, 0.05) is 37.1 Å². The molecule has 0 saturated carbocycles. The second-order valence-corrected chi connectivity index (χ2v) is 12.0. The summed E-state index contributed by atoms with van der Waals surface area (Å²) in [6.07, 6.45) is 1.91. The Balaban J connectivity index is 0.00000169. The number of furan rings is 1. The molecule has 123 valence electrons. The molecule has 0 saturated heterocycles. The summed E-state index contributed by atoms with van der Waals surface area (Å²) in [5.41, 5.74) is 3.73. The molecule has 0 unspecified atom stereocenters. The van der Waals surface area contributed by atoms with Gasteiger partial charge >= 0.3 is 0 Å². The Kier molecular flexibility index (Phi) is 4.47. The van der Waals surface area contributed by atoms with E-state index in [1.54, 1.807) is 0 Å². The van der Waals surface area contributed by atoms with Crippen LogP contribution in [0, 0.1) is 6.07 Å². The van der Waals surface area contributed by atoms with E-state index in [1.807, 2.05) is 36.5 Å². The van der Waals surface area contributed by atoms with E-state index in [0.717, 1.165) is 33.2 Å². The van der Waals surface area contributed by atoms with Gasteiger partial charge in [0.05, 0.1) is 8.07 Å². The first kappa shape index (κ1) is 17.1. The molecule has 2 aromatic heterocycles. The maximum absolute atomic E-state index is 5.97. The van der Waals surface area contributed by atoms with Crippen molar-refractivity contribution < 1.29 is 24.5 Å². The van der Waals surface area contributed by atoms with E-state index in [0.29, 0.717) is 0 Å². The molecule has 2 aromatic carbocycles. The maximum Gasteiger partial charge on any atom is 0.135 e. The predicted octanol–water partition coefficient (Wildman–Crippen LogP) is 4.99. The first-order valence-electron chi connectivity index (χ1n) is 7.82. The van der Waals surface area contributed by atoms with Gasteiger partial charge in [-0.1, -0.05) is 37.8 Å². The Morgan fingerprint density at radius 3 is 2.54 bits per heavy atom. The molecule has 0 spiro atoms. The molecular formula is C20H18IrNOSi-. The van der Waals surface area contributed by atoms with Crippen LogP contribution in [0.3, 0.4) is 0 Å². The van der Waals surface area contributed by atoms with Crippen LogP contribution in [-0.2, 0) is 20.1 Å². The van der Waals surface area contributed by atoms with Gasteiger partial charge in [-0.2, -0.15) is 0 Å². The number of hydrogen-bond acceptors (Lipinski definition) is 2. The molecule has 4 heteroatoms. The SMILES string of the molecule is C[Si](C)(C)c1cc[c-]c(-c2cc3oc4ccccc4c3cn2)c1.[Ir]. The number of rotatable bonds is 2. The van der Waals surface area contributed by atoms with Crippen LogP contribution in [-0.4, -0.2) is 13.1 Å². The minimum atomic E-state index is -1.35. The number of aromatic nitrogens is 1. The van der Waals surface area contributed by atoms with Gasteiger partial charge in [-0.15, -0.1) is 35.0 Å². The maximum atomic E-state index is 5.97. The molecule has 0 aliphatic carbocycles. The average Bonchev–Trinajstić information content (AvgIpc) is 2.92. The molecule has 0 aliphatic heterocycles.